The van der Waals surface area contributed by atoms with Crippen LogP contribution in [-0.2, 0) is 0 Å². The first kappa shape index (κ1) is 30.6. The molecule has 4 aliphatic heterocycles. The first-order valence-electron chi connectivity index (χ1n) is 15.8. The van der Waals surface area contributed by atoms with Crippen molar-refractivity contribution in [2.24, 2.45) is 4.99 Å². The lowest BCUT2D eigenvalue weighted by atomic mass is 10.1. The molecule has 4 aliphatic rings. The molecule has 2 amide bonds. The van der Waals surface area contributed by atoms with Crippen molar-refractivity contribution in [1.29, 1.82) is 0 Å². The monoisotopic (exact) mass is 614 g/mol. The van der Waals surface area contributed by atoms with Gasteiger partial charge in [-0.15, -0.1) is 0 Å². The maximum absolute atomic E-state index is 13.5. The van der Waals surface area contributed by atoms with E-state index in [0.29, 0.717) is 53.0 Å². The van der Waals surface area contributed by atoms with E-state index in [9.17, 15) is 9.59 Å². The number of hydrogen-bond acceptors (Lipinski definition) is 8. The molecule has 0 radical (unpaired) electrons. The standard InChI is InChI=1S/C35H42N4O6/c1-6-37-21-25-13-23(3)20-39(25)35(41)27-15-31(43-5)33(17-29(27)37)45-11-9-7-8-10-44-32-16-28-26(14-30(32)42-4)34(40)38-19-22(2)12-24(38)18-36-28/h14-20,24-25H,6-13,21H2,1-5H3/t24-,25-/m0/s1. The van der Waals surface area contributed by atoms with E-state index in [2.05, 4.69) is 23.7 Å². The van der Waals surface area contributed by atoms with E-state index in [-0.39, 0.29) is 23.9 Å². The number of benzene rings is 2. The number of aliphatic imine (C=N–C) groups is 1. The summed E-state index contributed by atoms with van der Waals surface area (Å²) in [7, 11) is 3.18. The topological polar surface area (TPSA) is 93.1 Å². The van der Waals surface area contributed by atoms with Crippen LogP contribution in [0, 0.1) is 0 Å². The zero-order valence-corrected chi connectivity index (χ0v) is 26.8. The van der Waals surface area contributed by atoms with E-state index in [1.807, 2.05) is 42.6 Å². The molecule has 45 heavy (non-hydrogen) atoms. The molecule has 0 saturated carbocycles. The lowest BCUT2D eigenvalue weighted by molar-refractivity contribution is 0.0792. The number of amides is 2. The number of likely N-dealkylation sites (N-methyl/N-ethyl adjacent to an activating group) is 1. The maximum atomic E-state index is 13.5. The Bertz CT molecular complexity index is 1580. The first-order valence-corrected chi connectivity index (χ1v) is 15.8. The molecular formula is C35H42N4O6. The molecule has 0 aliphatic carbocycles. The Kier molecular flexibility index (Phi) is 8.74. The van der Waals surface area contributed by atoms with Gasteiger partial charge in [0, 0.05) is 43.8 Å². The quantitative estimate of drug-likeness (QED) is 0.282. The number of anilines is 1. The summed E-state index contributed by atoms with van der Waals surface area (Å²) in [6, 6.07) is 7.38. The molecule has 4 heterocycles. The van der Waals surface area contributed by atoms with Crippen LogP contribution in [0.25, 0.3) is 0 Å². The van der Waals surface area contributed by atoms with Gasteiger partial charge in [0.05, 0.1) is 62.0 Å². The van der Waals surface area contributed by atoms with Gasteiger partial charge in [0.15, 0.2) is 23.0 Å². The Morgan fingerprint density at radius 2 is 1.40 bits per heavy atom. The number of nitrogens with zero attached hydrogens (tertiary/aromatic N) is 4. The van der Waals surface area contributed by atoms with Crippen molar-refractivity contribution in [2.75, 3.05) is 45.4 Å². The van der Waals surface area contributed by atoms with Gasteiger partial charge in [0.1, 0.15) is 0 Å². The van der Waals surface area contributed by atoms with Crippen molar-refractivity contribution in [3.63, 3.8) is 0 Å². The molecule has 238 valence electrons. The highest BCUT2D eigenvalue weighted by atomic mass is 16.5. The van der Waals surface area contributed by atoms with Crippen LogP contribution >= 0.6 is 0 Å². The number of carbonyl (C=O) groups excluding carboxylic acids is 2. The van der Waals surface area contributed by atoms with Gasteiger partial charge in [-0.05, 0) is 65.0 Å². The number of methoxy groups -OCH3 is 2. The molecule has 0 bridgehead atoms. The minimum absolute atomic E-state index is 0.00439. The molecule has 0 saturated heterocycles. The SMILES string of the molecule is CCN1C[C@@H]2CC(C)=CN2C(=O)c2cc(OC)c(OCCCCCOc3cc4c(cc3OC)C(=O)N3C=C(C)C[C@H]3C=N4)cc21. The van der Waals surface area contributed by atoms with E-state index < -0.39 is 0 Å². The molecule has 10 nitrogen and oxygen atoms in total. The molecule has 2 atom stereocenters. The highest BCUT2D eigenvalue weighted by Gasteiger charge is 2.36. The summed E-state index contributed by atoms with van der Waals surface area (Å²) in [6.07, 6.45) is 9.94. The number of rotatable bonds is 11. The van der Waals surface area contributed by atoms with Gasteiger partial charge in [-0.25, -0.2) is 0 Å². The second-order valence-electron chi connectivity index (χ2n) is 12.1. The zero-order chi connectivity index (χ0) is 31.7. The van der Waals surface area contributed by atoms with Crippen LogP contribution < -0.4 is 23.8 Å². The van der Waals surface area contributed by atoms with Crippen molar-refractivity contribution >= 4 is 29.4 Å². The Morgan fingerprint density at radius 1 is 0.778 bits per heavy atom. The van der Waals surface area contributed by atoms with E-state index >= 15 is 0 Å². The fraction of sp³-hybridized carbons (Fsp3) is 0.457. The van der Waals surface area contributed by atoms with E-state index in [0.717, 1.165) is 56.5 Å². The molecule has 2 aromatic rings. The van der Waals surface area contributed by atoms with Crippen molar-refractivity contribution in [3.8, 4) is 23.0 Å². The van der Waals surface area contributed by atoms with Crippen LogP contribution in [0.3, 0.4) is 0 Å². The Balaban J connectivity index is 1.04. The number of ether oxygens (including phenoxy) is 4. The number of hydrogen-bond donors (Lipinski definition) is 0. The summed E-state index contributed by atoms with van der Waals surface area (Å²) >= 11 is 0. The Morgan fingerprint density at radius 3 is 2.09 bits per heavy atom. The molecule has 2 aromatic carbocycles. The molecule has 0 aromatic heterocycles. The van der Waals surface area contributed by atoms with Gasteiger partial charge in [-0.2, -0.15) is 0 Å². The second kappa shape index (κ2) is 12.9. The summed E-state index contributed by atoms with van der Waals surface area (Å²) in [4.78, 5) is 37.2. The third-order valence-electron chi connectivity index (χ3n) is 8.90. The predicted molar refractivity (Wildman–Crippen MR) is 174 cm³/mol. The van der Waals surface area contributed by atoms with Crippen molar-refractivity contribution in [1.82, 2.24) is 9.80 Å². The van der Waals surface area contributed by atoms with Crippen molar-refractivity contribution < 1.29 is 28.5 Å². The van der Waals surface area contributed by atoms with Crippen LogP contribution in [0.1, 0.15) is 73.6 Å². The minimum Gasteiger partial charge on any atom is -0.493 e. The van der Waals surface area contributed by atoms with Crippen molar-refractivity contribution in [2.45, 2.75) is 65.0 Å². The summed E-state index contributed by atoms with van der Waals surface area (Å²) in [5.41, 5.74) is 5.01. The fourth-order valence-electron chi connectivity index (χ4n) is 6.59. The number of fused-ring (bicyclic) bond motifs is 4. The summed E-state index contributed by atoms with van der Waals surface area (Å²) in [5, 5.41) is 0. The molecule has 0 N–H and O–H groups in total. The van der Waals surface area contributed by atoms with E-state index in [1.54, 1.807) is 31.3 Å². The largest absolute Gasteiger partial charge is 0.493 e. The maximum Gasteiger partial charge on any atom is 0.260 e. The predicted octanol–water partition coefficient (Wildman–Crippen LogP) is 6.12. The lowest BCUT2D eigenvalue weighted by Crippen LogP contribution is -2.38. The normalized spacial score (nSPS) is 20.1. The smallest absolute Gasteiger partial charge is 0.260 e. The van der Waals surface area contributed by atoms with Crippen molar-refractivity contribution in [3.05, 3.63) is 58.9 Å². The zero-order valence-electron chi connectivity index (χ0n) is 26.8. The van der Waals surface area contributed by atoms with Crippen LogP contribution in [-0.4, -0.2) is 80.4 Å². The van der Waals surface area contributed by atoms with Crippen LogP contribution in [0.5, 0.6) is 23.0 Å². The summed E-state index contributed by atoms with van der Waals surface area (Å²) in [5.74, 6) is 2.21. The van der Waals surface area contributed by atoms with Crippen LogP contribution in [0.15, 0.2) is 52.8 Å². The Labute approximate surface area is 264 Å². The van der Waals surface area contributed by atoms with Gasteiger partial charge < -0.3 is 33.6 Å². The average Bonchev–Trinajstić information content (AvgIpc) is 3.55. The second-order valence-corrected chi connectivity index (χ2v) is 12.1. The highest BCUT2D eigenvalue weighted by molar-refractivity contribution is 6.04. The third-order valence-corrected chi connectivity index (χ3v) is 8.90. The van der Waals surface area contributed by atoms with Crippen LogP contribution in [0.2, 0.25) is 0 Å². The highest BCUT2D eigenvalue weighted by Crippen LogP contribution is 2.41. The number of carbonyl (C=O) groups is 2. The van der Waals surface area contributed by atoms with Gasteiger partial charge in [0.2, 0.25) is 0 Å². The Hall–Kier alpha value is -4.47. The molecule has 10 heteroatoms. The molecule has 0 spiro atoms. The average molecular weight is 615 g/mol. The summed E-state index contributed by atoms with van der Waals surface area (Å²) in [6.45, 7) is 8.79. The van der Waals surface area contributed by atoms with Crippen LogP contribution in [0.4, 0.5) is 11.4 Å². The third kappa shape index (κ3) is 5.98. The lowest BCUT2D eigenvalue weighted by Gasteiger charge is -2.27. The molecular weight excluding hydrogens is 572 g/mol. The van der Waals surface area contributed by atoms with Gasteiger partial charge >= 0.3 is 0 Å². The fourth-order valence-corrected chi connectivity index (χ4v) is 6.59. The minimum atomic E-state index is -0.0816. The van der Waals surface area contributed by atoms with Gasteiger partial charge in [0.25, 0.3) is 11.8 Å². The molecule has 0 fully saturated rings. The summed E-state index contributed by atoms with van der Waals surface area (Å²) < 4.78 is 23.5. The number of unbranched alkanes of at least 4 members (excludes halogenated alkanes) is 2. The first-order chi connectivity index (χ1) is 21.8. The molecule has 6 rings (SSSR count). The van der Waals surface area contributed by atoms with Gasteiger partial charge in [-0.3, -0.25) is 14.6 Å². The molecule has 0 unspecified atom stereocenters. The van der Waals surface area contributed by atoms with E-state index in [1.165, 1.54) is 5.57 Å². The van der Waals surface area contributed by atoms with E-state index in [4.69, 9.17) is 18.9 Å². The van der Waals surface area contributed by atoms with Gasteiger partial charge in [-0.1, -0.05) is 11.1 Å².